The second-order valence-corrected chi connectivity index (χ2v) is 9.22. The summed E-state index contributed by atoms with van der Waals surface area (Å²) in [6, 6.07) is 4.28. The number of benzene rings is 2. The lowest BCUT2D eigenvalue weighted by Crippen LogP contribution is -2.37. The van der Waals surface area contributed by atoms with Gasteiger partial charge in [-0.15, -0.1) is 0 Å². The van der Waals surface area contributed by atoms with Crippen molar-refractivity contribution in [3.05, 3.63) is 63.0 Å². The molecule has 2 amide bonds. The molecule has 10 nitrogen and oxygen atoms in total. The van der Waals surface area contributed by atoms with E-state index in [0.717, 1.165) is 12.3 Å². The Hall–Kier alpha value is -3.54. The maximum Gasteiger partial charge on any atom is 0.285 e. The predicted molar refractivity (Wildman–Crippen MR) is 110 cm³/mol. The zero-order valence-electron chi connectivity index (χ0n) is 17.3. The molecule has 0 aromatic heterocycles. The molecule has 0 saturated carbocycles. The van der Waals surface area contributed by atoms with Crippen LogP contribution in [-0.4, -0.2) is 55.8 Å². The Morgan fingerprint density at radius 1 is 1.16 bits per heavy atom. The van der Waals surface area contributed by atoms with Crippen LogP contribution in [0.15, 0.2) is 30.3 Å². The average Bonchev–Trinajstić information content (AvgIpc) is 2.95. The Bertz CT molecular complexity index is 1230. The number of rotatable bonds is 8. The number of halogens is 1. The Morgan fingerprint density at radius 2 is 1.84 bits per heavy atom. The van der Waals surface area contributed by atoms with Crippen LogP contribution in [0.25, 0.3) is 0 Å². The SMILES string of the molecule is CCOc1cc(C(CS(C)(=O)=O)N2C(=O)c3cc(F)cc([N+](=O)[O-])c3C2=O)ccc1OC. The molecule has 1 aliphatic heterocycles. The molecule has 1 unspecified atom stereocenters. The maximum absolute atomic E-state index is 13.9. The summed E-state index contributed by atoms with van der Waals surface area (Å²) in [5.41, 5.74) is -1.74. The van der Waals surface area contributed by atoms with Gasteiger partial charge in [0.1, 0.15) is 21.2 Å². The highest BCUT2D eigenvalue weighted by atomic mass is 32.2. The van der Waals surface area contributed by atoms with Crippen molar-refractivity contribution in [2.24, 2.45) is 0 Å². The van der Waals surface area contributed by atoms with Crippen LogP contribution in [0, 0.1) is 15.9 Å². The third kappa shape index (κ3) is 4.26. The number of nitrogens with zero attached hydrogens (tertiary/aromatic N) is 2. The smallest absolute Gasteiger partial charge is 0.285 e. The van der Waals surface area contributed by atoms with Crippen LogP contribution < -0.4 is 9.47 Å². The van der Waals surface area contributed by atoms with Crippen LogP contribution in [0.2, 0.25) is 0 Å². The van der Waals surface area contributed by atoms with Crippen LogP contribution in [0.1, 0.15) is 39.2 Å². The molecule has 0 spiro atoms. The molecular formula is C20H19FN2O8S. The van der Waals surface area contributed by atoms with Crippen LogP contribution >= 0.6 is 0 Å². The van der Waals surface area contributed by atoms with Crippen LogP contribution in [0.4, 0.5) is 10.1 Å². The molecule has 1 aliphatic rings. The van der Waals surface area contributed by atoms with Crippen LogP contribution in [0.5, 0.6) is 11.5 Å². The van der Waals surface area contributed by atoms with E-state index in [1.807, 2.05) is 0 Å². The Kier molecular flexibility index (Phi) is 6.17. The zero-order chi connectivity index (χ0) is 23.8. The van der Waals surface area contributed by atoms with Crippen LogP contribution in [0.3, 0.4) is 0 Å². The average molecular weight is 466 g/mol. The van der Waals surface area contributed by atoms with Crippen molar-refractivity contribution >= 4 is 27.3 Å². The lowest BCUT2D eigenvalue weighted by molar-refractivity contribution is -0.385. The highest BCUT2D eigenvalue weighted by Crippen LogP contribution is 2.39. The minimum absolute atomic E-state index is 0.220. The molecule has 0 bridgehead atoms. The van der Waals surface area contributed by atoms with E-state index < -0.39 is 61.0 Å². The van der Waals surface area contributed by atoms with Crippen molar-refractivity contribution in [3.8, 4) is 11.5 Å². The summed E-state index contributed by atoms with van der Waals surface area (Å²) < 4.78 is 48.9. The van der Waals surface area contributed by atoms with E-state index in [-0.39, 0.29) is 17.9 Å². The molecule has 12 heteroatoms. The minimum atomic E-state index is -3.74. The van der Waals surface area contributed by atoms with Gasteiger partial charge in [-0.05, 0) is 30.7 Å². The topological polar surface area (TPSA) is 133 Å². The largest absolute Gasteiger partial charge is 0.493 e. The lowest BCUT2D eigenvalue weighted by Gasteiger charge is -2.26. The fraction of sp³-hybridized carbons (Fsp3) is 0.300. The number of imide groups is 1. The number of nitro groups is 1. The van der Waals surface area contributed by atoms with E-state index in [2.05, 4.69) is 0 Å². The Labute approximate surface area is 182 Å². The van der Waals surface area contributed by atoms with Gasteiger partial charge in [0.25, 0.3) is 17.5 Å². The molecule has 0 aliphatic carbocycles. The molecule has 3 rings (SSSR count). The van der Waals surface area contributed by atoms with Crippen molar-refractivity contribution in [2.75, 3.05) is 25.7 Å². The van der Waals surface area contributed by atoms with Gasteiger partial charge < -0.3 is 9.47 Å². The van der Waals surface area contributed by atoms with E-state index in [1.54, 1.807) is 6.92 Å². The van der Waals surface area contributed by atoms with E-state index in [4.69, 9.17) is 9.47 Å². The molecule has 0 radical (unpaired) electrons. The van der Waals surface area contributed by atoms with Crippen LogP contribution in [-0.2, 0) is 9.84 Å². The fourth-order valence-electron chi connectivity index (χ4n) is 3.53. The van der Waals surface area contributed by atoms with Gasteiger partial charge in [-0.1, -0.05) is 6.07 Å². The zero-order valence-corrected chi connectivity index (χ0v) is 18.1. The molecule has 0 fully saturated rings. The number of fused-ring (bicyclic) bond motifs is 1. The van der Waals surface area contributed by atoms with Gasteiger partial charge >= 0.3 is 0 Å². The number of carbonyl (C=O) groups excluding carboxylic acids is 2. The van der Waals surface area contributed by atoms with Crippen molar-refractivity contribution in [2.45, 2.75) is 13.0 Å². The van der Waals surface area contributed by atoms with Gasteiger partial charge in [-0.2, -0.15) is 0 Å². The maximum atomic E-state index is 13.9. The Morgan fingerprint density at radius 3 is 2.41 bits per heavy atom. The number of hydrogen-bond acceptors (Lipinski definition) is 8. The number of amides is 2. The first-order valence-electron chi connectivity index (χ1n) is 9.32. The molecule has 0 N–H and O–H groups in total. The van der Waals surface area contributed by atoms with Crippen molar-refractivity contribution in [1.82, 2.24) is 4.90 Å². The lowest BCUT2D eigenvalue weighted by atomic mass is 10.1. The summed E-state index contributed by atoms with van der Waals surface area (Å²) in [6.07, 6.45) is 0.924. The van der Waals surface area contributed by atoms with E-state index >= 15 is 0 Å². The highest BCUT2D eigenvalue weighted by Gasteiger charge is 2.46. The first kappa shape index (κ1) is 23.1. The van der Waals surface area contributed by atoms with Crippen molar-refractivity contribution in [1.29, 1.82) is 0 Å². The standard InChI is InChI=1S/C20H19FN2O8S/c1-4-31-17-7-11(5-6-16(17)30-2)15(10-32(3,28)29)22-19(24)13-8-12(21)9-14(23(26)27)18(13)20(22)25/h5-9,15H,4,10H2,1-3H3. The third-order valence-corrected chi connectivity index (χ3v) is 5.73. The number of methoxy groups -OCH3 is 1. The first-order chi connectivity index (χ1) is 15.0. The first-order valence-corrected chi connectivity index (χ1v) is 11.4. The third-order valence-electron chi connectivity index (χ3n) is 4.81. The van der Waals surface area contributed by atoms with Gasteiger partial charge in [0.2, 0.25) is 0 Å². The summed E-state index contributed by atoms with van der Waals surface area (Å²) in [5, 5.41) is 11.4. The molecule has 170 valence electrons. The normalized spacial score (nSPS) is 14.3. The second-order valence-electron chi connectivity index (χ2n) is 7.04. The summed E-state index contributed by atoms with van der Waals surface area (Å²) >= 11 is 0. The quantitative estimate of drug-likeness (QED) is 0.329. The molecule has 2 aromatic carbocycles. The van der Waals surface area contributed by atoms with Gasteiger partial charge in [-0.25, -0.2) is 12.8 Å². The molecule has 1 heterocycles. The van der Waals surface area contributed by atoms with Gasteiger partial charge in [0, 0.05) is 6.26 Å². The molecule has 0 saturated heterocycles. The molecule has 1 atom stereocenters. The summed E-state index contributed by atoms with van der Waals surface area (Å²) in [7, 11) is -2.34. The Balaban J connectivity index is 2.18. The predicted octanol–water partition coefficient (Wildman–Crippen LogP) is 2.52. The van der Waals surface area contributed by atoms with E-state index in [9.17, 15) is 32.5 Å². The van der Waals surface area contributed by atoms with E-state index in [1.165, 1.54) is 25.3 Å². The summed E-state index contributed by atoms with van der Waals surface area (Å²) in [4.78, 5) is 37.1. The number of nitro benzene ring substituents is 1. The summed E-state index contributed by atoms with van der Waals surface area (Å²) in [6.45, 7) is 1.98. The van der Waals surface area contributed by atoms with Crippen molar-refractivity contribution < 1.29 is 36.8 Å². The van der Waals surface area contributed by atoms with Gasteiger partial charge in [0.15, 0.2) is 11.5 Å². The summed E-state index contributed by atoms with van der Waals surface area (Å²) in [5.74, 6) is -3.25. The van der Waals surface area contributed by atoms with E-state index in [0.29, 0.717) is 16.7 Å². The number of hydrogen-bond donors (Lipinski definition) is 0. The number of carbonyl (C=O) groups is 2. The molecule has 2 aromatic rings. The minimum Gasteiger partial charge on any atom is -0.493 e. The van der Waals surface area contributed by atoms with Crippen molar-refractivity contribution in [3.63, 3.8) is 0 Å². The number of ether oxygens (including phenoxy) is 2. The van der Waals surface area contributed by atoms with Gasteiger partial charge in [0.05, 0.1) is 42.1 Å². The highest BCUT2D eigenvalue weighted by molar-refractivity contribution is 7.90. The number of sulfone groups is 1. The monoisotopic (exact) mass is 466 g/mol. The second kappa shape index (κ2) is 8.54. The fourth-order valence-corrected chi connectivity index (χ4v) is 4.45. The molecule has 32 heavy (non-hydrogen) atoms. The van der Waals surface area contributed by atoms with Gasteiger partial charge in [-0.3, -0.25) is 24.6 Å². The molecular weight excluding hydrogens is 447 g/mol.